The van der Waals surface area contributed by atoms with E-state index in [2.05, 4.69) is 10.6 Å². The third-order valence-corrected chi connectivity index (χ3v) is 2.93. The lowest BCUT2D eigenvalue weighted by atomic mass is 10.2. The first-order valence-corrected chi connectivity index (χ1v) is 6.46. The largest absolute Gasteiger partial charge is 0.497 e. The highest BCUT2D eigenvalue weighted by Gasteiger charge is 2.09. The van der Waals surface area contributed by atoms with E-state index in [1.165, 1.54) is 7.11 Å². The van der Waals surface area contributed by atoms with Crippen LogP contribution >= 0.6 is 0 Å². The van der Waals surface area contributed by atoms with Gasteiger partial charge < -0.3 is 20.1 Å². The van der Waals surface area contributed by atoms with Gasteiger partial charge in [-0.1, -0.05) is 0 Å². The Hall–Kier alpha value is -3.20. The third kappa shape index (κ3) is 3.67. The summed E-state index contributed by atoms with van der Waals surface area (Å²) in [5.74, 6) is 1.13. The number of nitriles is 1. The molecule has 112 valence electrons. The van der Waals surface area contributed by atoms with Crippen LogP contribution in [0.1, 0.15) is 5.56 Å². The van der Waals surface area contributed by atoms with Gasteiger partial charge in [-0.2, -0.15) is 5.26 Å². The second-order valence-corrected chi connectivity index (χ2v) is 4.33. The molecule has 2 N–H and O–H groups in total. The van der Waals surface area contributed by atoms with Crippen LogP contribution in [0.2, 0.25) is 0 Å². The van der Waals surface area contributed by atoms with Gasteiger partial charge in [-0.3, -0.25) is 0 Å². The van der Waals surface area contributed by atoms with E-state index in [0.717, 1.165) is 0 Å². The van der Waals surface area contributed by atoms with Crippen molar-refractivity contribution in [1.29, 1.82) is 5.26 Å². The van der Waals surface area contributed by atoms with E-state index in [1.54, 1.807) is 49.6 Å². The van der Waals surface area contributed by atoms with Crippen LogP contribution < -0.4 is 20.1 Å². The van der Waals surface area contributed by atoms with Crippen molar-refractivity contribution in [2.24, 2.45) is 0 Å². The minimum atomic E-state index is -0.420. The minimum absolute atomic E-state index is 0.420. The molecule has 0 unspecified atom stereocenters. The zero-order valence-corrected chi connectivity index (χ0v) is 12.2. The van der Waals surface area contributed by atoms with Gasteiger partial charge in [0.05, 0.1) is 31.5 Å². The monoisotopic (exact) mass is 297 g/mol. The molecule has 0 aliphatic carbocycles. The molecule has 2 rings (SSSR count). The van der Waals surface area contributed by atoms with E-state index in [9.17, 15) is 4.79 Å². The molecule has 0 saturated heterocycles. The third-order valence-electron chi connectivity index (χ3n) is 2.93. The molecule has 2 aromatic carbocycles. The number of carbonyl (C=O) groups is 1. The summed E-state index contributed by atoms with van der Waals surface area (Å²) in [6.07, 6.45) is 0. The van der Waals surface area contributed by atoms with Crippen molar-refractivity contribution >= 4 is 17.4 Å². The molecule has 22 heavy (non-hydrogen) atoms. The van der Waals surface area contributed by atoms with E-state index in [-0.39, 0.29) is 0 Å². The molecular weight excluding hydrogens is 282 g/mol. The maximum absolute atomic E-state index is 12.0. The first-order chi connectivity index (χ1) is 10.7. The number of nitrogens with zero attached hydrogens (tertiary/aromatic N) is 1. The van der Waals surface area contributed by atoms with Crippen LogP contribution in [0.4, 0.5) is 16.2 Å². The summed E-state index contributed by atoms with van der Waals surface area (Å²) in [6.45, 7) is 0. The van der Waals surface area contributed by atoms with Gasteiger partial charge in [-0.25, -0.2) is 4.79 Å². The molecule has 0 bridgehead atoms. The van der Waals surface area contributed by atoms with Crippen LogP contribution in [0.5, 0.6) is 11.5 Å². The average Bonchev–Trinajstić information content (AvgIpc) is 2.55. The van der Waals surface area contributed by atoms with Gasteiger partial charge in [0, 0.05) is 11.8 Å². The van der Waals surface area contributed by atoms with E-state index >= 15 is 0 Å². The Bertz CT molecular complexity index is 706. The minimum Gasteiger partial charge on any atom is -0.497 e. The number of rotatable bonds is 4. The van der Waals surface area contributed by atoms with Gasteiger partial charge >= 0.3 is 6.03 Å². The fraction of sp³-hybridized carbons (Fsp3) is 0.125. The quantitative estimate of drug-likeness (QED) is 0.907. The maximum Gasteiger partial charge on any atom is 0.323 e. The first kappa shape index (κ1) is 15.2. The highest BCUT2D eigenvalue weighted by atomic mass is 16.5. The van der Waals surface area contributed by atoms with Gasteiger partial charge in [-0.15, -0.1) is 0 Å². The molecule has 0 saturated carbocycles. The van der Waals surface area contributed by atoms with Crippen LogP contribution in [-0.4, -0.2) is 20.3 Å². The standard InChI is InChI=1S/C16H15N3O3/c1-21-13-7-8-15(22-2)14(9-13)19-16(20)18-12-5-3-11(10-17)4-6-12/h3-9H,1-2H3,(H2,18,19,20). The Morgan fingerprint density at radius 1 is 1.05 bits per heavy atom. The van der Waals surface area contributed by atoms with Crippen molar-refractivity contribution in [2.45, 2.75) is 0 Å². The summed E-state index contributed by atoms with van der Waals surface area (Å²) in [5, 5.41) is 14.1. The van der Waals surface area contributed by atoms with E-state index in [1.807, 2.05) is 6.07 Å². The van der Waals surface area contributed by atoms with Crippen LogP contribution in [0.25, 0.3) is 0 Å². The van der Waals surface area contributed by atoms with E-state index in [0.29, 0.717) is 28.4 Å². The zero-order chi connectivity index (χ0) is 15.9. The van der Waals surface area contributed by atoms with Gasteiger partial charge in [0.1, 0.15) is 11.5 Å². The second kappa shape index (κ2) is 6.99. The molecule has 0 atom stereocenters. The van der Waals surface area contributed by atoms with Crippen molar-refractivity contribution in [2.75, 3.05) is 24.9 Å². The summed E-state index contributed by atoms with van der Waals surface area (Å²) in [4.78, 5) is 12.0. The van der Waals surface area contributed by atoms with Gasteiger partial charge in [0.25, 0.3) is 0 Å². The predicted octanol–water partition coefficient (Wildman–Crippen LogP) is 3.22. The average molecular weight is 297 g/mol. The van der Waals surface area contributed by atoms with Gasteiger partial charge in [-0.05, 0) is 36.4 Å². The summed E-state index contributed by atoms with van der Waals surface area (Å²) < 4.78 is 10.3. The van der Waals surface area contributed by atoms with Crippen molar-refractivity contribution in [3.05, 3.63) is 48.0 Å². The van der Waals surface area contributed by atoms with Crippen molar-refractivity contribution < 1.29 is 14.3 Å². The van der Waals surface area contributed by atoms with Crippen molar-refractivity contribution in [1.82, 2.24) is 0 Å². The fourth-order valence-electron chi connectivity index (χ4n) is 1.82. The Labute approximate surface area is 128 Å². The number of hydrogen-bond donors (Lipinski definition) is 2. The number of hydrogen-bond acceptors (Lipinski definition) is 4. The molecule has 0 spiro atoms. The molecule has 0 fully saturated rings. The topological polar surface area (TPSA) is 83.4 Å². The number of amides is 2. The SMILES string of the molecule is COc1ccc(OC)c(NC(=O)Nc2ccc(C#N)cc2)c1. The molecule has 0 aliphatic heterocycles. The van der Waals surface area contributed by atoms with Crippen molar-refractivity contribution in [3.63, 3.8) is 0 Å². The number of urea groups is 1. The molecule has 0 radical (unpaired) electrons. The molecule has 2 aromatic rings. The lowest BCUT2D eigenvalue weighted by Crippen LogP contribution is -2.19. The molecule has 0 heterocycles. The lowest BCUT2D eigenvalue weighted by molar-refractivity contribution is 0.262. The Morgan fingerprint density at radius 2 is 1.77 bits per heavy atom. The number of methoxy groups -OCH3 is 2. The van der Waals surface area contributed by atoms with Crippen LogP contribution in [-0.2, 0) is 0 Å². The van der Waals surface area contributed by atoms with Gasteiger partial charge in [0.15, 0.2) is 0 Å². The number of benzene rings is 2. The summed E-state index contributed by atoms with van der Waals surface area (Å²) in [6, 6.07) is 13.3. The predicted molar refractivity (Wildman–Crippen MR) is 83.3 cm³/mol. The smallest absolute Gasteiger partial charge is 0.323 e. The van der Waals surface area contributed by atoms with Crippen LogP contribution in [0, 0.1) is 11.3 Å². The second-order valence-electron chi connectivity index (χ2n) is 4.33. The lowest BCUT2D eigenvalue weighted by Gasteiger charge is -2.12. The van der Waals surface area contributed by atoms with E-state index in [4.69, 9.17) is 14.7 Å². The normalized spacial score (nSPS) is 9.50. The molecule has 6 nitrogen and oxygen atoms in total. The maximum atomic E-state index is 12.0. The van der Waals surface area contributed by atoms with E-state index < -0.39 is 6.03 Å². The fourth-order valence-corrected chi connectivity index (χ4v) is 1.82. The highest BCUT2D eigenvalue weighted by molar-refractivity contribution is 6.00. The molecule has 2 amide bonds. The van der Waals surface area contributed by atoms with Crippen molar-refractivity contribution in [3.8, 4) is 17.6 Å². The highest BCUT2D eigenvalue weighted by Crippen LogP contribution is 2.28. The Morgan fingerprint density at radius 3 is 2.36 bits per heavy atom. The van der Waals surface area contributed by atoms with Gasteiger partial charge in [0.2, 0.25) is 0 Å². The summed E-state index contributed by atoms with van der Waals surface area (Å²) in [7, 11) is 3.06. The summed E-state index contributed by atoms with van der Waals surface area (Å²) in [5.41, 5.74) is 1.60. The number of carbonyl (C=O) groups excluding carboxylic acids is 1. The summed E-state index contributed by atoms with van der Waals surface area (Å²) >= 11 is 0. The Balaban J connectivity index is 2.09. The number of nitrogens with one attached hydrogen (secondary N) is 2. The molecule has 0 aliphatic rings. The zero-order valence-electron chi connectivity index (χ0n) is 12.2. The number of ether oxygens (including phenoxy) is 2. The molecule has 0 aromatic heterocycles. The first-order valence-electron chi connectivity index (χ1n) is 6.46. The van der Waals surface area contributed by atoms with Crippen LogP contribution in [0.15, 0.2) is 42.5 Å². The molecule has 6 heteroatoms. The van der Waals surface area contributed by atoms with Crippen LogP contribution in [0.3, 0.4) is 0 Å². The Kier molecular flexibility index (Phi) is 4.83. The molecular formula is C16H15N3O3. The number of anilines is 2.